The van der Waals surface area contributed by atoms with Crippen LogP contribution in [0, 0.1) is 0 Å². The van der Waals surface area contributed by atoms with Crippen LogP contribution in [0.3, 0.4) is 0 Å². The molecule has 2 atom stereocenters. The normalized spacial score (nSPS) is 23.4. The summed E-state index contributed by atoms with van der Waals surface area (Å²) in [5, 5.41) is 3.83. The van der Waals surface area contributed by atoms with Gasteiger partial charge in [0.2, 0.25) is 0 Å². The van der Waals surface area contributed by atoms with E-state index in [1.165, 1.54) is 77.0 Å². The minimum atomic E-state index is 0.815. The van der Waals surface area contributed by atoms with Crippen molar-refractivity contribution in [3.63, 3.8) is 0 Å². The van der Waals surface area contributed by atoms with E-state index in [4.69, 9.17) is 0 Å². The van der Waals surface area contributed by atoms with Crippen LogP contribution < -0.4 is 5.32 Å². The number of hydrogen-bond donors (Lipinski definition) is 1. The van der Waals surface area contributed by atoms with E-state index in [-0.39, 0.29) is 0 Å². The monoisotopic (exact) mass is 251 g/mol. The lowest BCUT2D eigenvalue weighted by atomic mass is 10.0. The Hall–Kier alpha value is -0.300. The molecule has 1 aliphatic heterocycles. The number of unbranched alkanes of at least 4 members (excludes halogenated alkanes) is 6. The molecule has 1 heteroatoms. The smallest absolute Gasteiger partial charge is 0.00702 e. The molecule has 18 heavy (non-hydrogen) atoms. The topological polar surface area (TPSA) is 12.0 Å². The van der Waals surface area contributed by atoms with Crippen molar-refractivity contribution >= 4 is 0 Å². The molecule has 0 aromatic rings. The summed E-state index contributed by atoms with van der Waals surface area (Å²) in [6.45, 7) is 6.07. The first kappa shape index (κ1) is 15.8. The molecule has 0 aromatic heterocycles. The van der Waals surface area contributed by atoms with Gasteiger partial charge in [-0.25, -0.2) is 0 Å². The molecule has 1 rings (SSSR count). The van der Waals surface area contributed by atoms with Crippen LogP contribution in [0.15, 0.2) is 12.7 Å². The molecule has 1 N–H and O–H groups in total. The number of allylic oxidation sites excluding steroid dienone is 1. The highest BCUT2D eigenvalue weighted by Crippen LogP contribution is 2.21. The molecule has 106 valence electrons. The largest absolute Gasteiger partial charge is 0.311 e. The van der Waals surface area contributed by atoms with Gasteiger partial charge >= 0.3 is 0 Å². The van der Waals surface area contributed by atoms with Gasteiger partial charge in [-0.3, -0.25) is 0 Å². The maximum absolute atomic E-state index is 3.83. The van der Waals surface area contributed by atoms with Gasteiger partial charge in [0.05, 0.1) is 0 Å². The molecule has 1 heterocycles. The third-order valence-electron chi connectivity index (χ3n) is 4.20. The second kappa shape index (κ2) is 10.6. The molecule has 1 fully saturated rings. The van der Waals surface area contributed by atoms with E-state index in [2.05, 4.69) is 18.8 Å². The summed E-state index contributed by atoms with van der Waals surface area (Å²) < 4.78 is 0. The minimum Gasteiger partial charge on any atom is -0.311 e. The number of rotatable bonds is 11. The van der Waals surface area contributed by atoms with Gasteiger partial charge in [0.25, 0.3) is 0 Å². The van der Waals surface area contributed by atoms with Crippen molar-refractivity contribution in [1.82, 2.24) is 5.32 Å². The number of nitrogens with one attached hydrogen (secondary N) is 1. The van der Waals surface area contributed by atoms with Crippen LogP contribution in [0.1, 0.15) is 84.0 Å². The second-order valence-corrected chi connectivity index (χ2v) is 5.91. The van der Waals surface area contributed by atoms with Crippen LogP contribution in [0.25, 0.3) is 0 Å². The van der Waals surface area contributed by atoms with Crippen molar-refractivity contribution in [2.75, 3.05) is 0 Å². The van der Waals surface area contributed by atoms with E-state index >= 15 is 0 Å². The Balaban J connectivity index is 1.94. The summed E-state index contributed by atoms with van der Waals surface area (Å²) in [4.78, 5) is 0. The molecule has 0 aliphatic carbocycles. The molecule has 0 saturated carbocycles. The zero-order valence-electron chi connectivity index (χ0n) is 12.4. The van der Waals surface area contributed by atoms with Gasteiger partial charge in [0, 0.05) is 12.1 Å². The minimum absolute atomic E-state index is 0.815. The first-order valence-corrected chi connectivity index (χ1v) is 8.23. The maximum Gasteiger partial charge on any atom is 0.00702 e. The zero-order valence-corrected chi connectivity index (χ0v) is 12.4. The first-order chi connectivity index (χ1) is 8.86. The van der Waals surface area contributed by atoms with E-state index in [0.717, 1.165) is 12.1 Å². The Morgan fingerprint density at radius 3 is 2.17 bits per heavy atom. The molecular weight excluding hydrogens is 218 g/mol. The van der Waals surface area contributed by atoms with Gasteiger partial charge in [0.1, 0.15) is 0 Å². The van der Waals surface area contributed by atoms with Crippen molar-refractivity contribution in [3.8, 4) is 0 Å². The average Bonchev–Trinajstić information content (AvgIpc) is 2.82. The predicted molar refractivity (Wildman–Crippen MR) is 82.0 cm³/mol. The van der Waals surface area contributed by atoms with Crippen molar-refractivity contribution in [3.05, 3.63) is 12.7 Å². The van der Waals surface area contributed by atoms with Crippen LogP contribution in [0.5, 0.6) is 0 Å². The molecule has 1 aliphatic rings. The molecule has 0 radical (unpaired) electrons. The quantitative estimate of drug-likeness (QED) is 0.392. The maximum atomic E-state index is 3.83. The van der Waals surface area contributed by atoms with Crippen LogP contribution in [0.2, 0.25) is 0 Å². The molecule has 0 bridgehead atoms. The van der Waals surface area contributed by atoms with Gasteiger partial charge in [-0.05, 0) is 38.5 Å². The highest BCUT2D eigenvalue weighted by Gasteiger charge is 2.22. The molecule has 0 spiro atoms. The van der Waals surface area contributed by atoms with Crippen molar-refractivity contribution in [1.29, 1.82) is 0 Å². The van der Waals surface area contributed by atoms with Gasteiger partial charge in [-0.2, -0.15) is 0 Å². The van der Waals surface area contributed by atoms with Crippen molar-refractivity contribution in [2.24, 2.45) is 0 Å². The SMILES string of the molecule is C=CCCCCC1CCC(CCCCCCC)N1. The van der Waals surface area contributed by atoms with E-state index in [1.807, 2.05) is 6.08 Å². The van der Waals surface area contributed by atoms with Gasteiger partial charge in [0.15, 0.2) is 0 Å². The highest BCUT2D eigenvalue weighted by atomic mass is 15.0. The molecule has 0 aromatic carbocycles. The first-order valence-electron chi connectivity index (χ1n) is 8.23. The van der Waals surface area contributed by atoms with E-state index < -0.39 is 0 Å². The Kier molecular flexibility index (Phi) is 9.28. The van der Waals surface area contributed by atoms with Crippen LogP contribution in [-0.2, 0) is 0 Å². The fraction of sp³-hybridized carbons (Fsp3) is 0.882. The summed E-state index contributed by atoms with van der Waals surface area (Å²) >= 11 is 0. The third kappa shape index (κ3) is 7.20. The lowest BCUT2D eigenvalue weighted by molar-refractivity contribution is 0.459. The molecule has 1 saturated heterocycles. The van der Waals surface area contributed by atoms with Gasteiger partial charge in [-0.15, -0.1) is 6.58 Å². The van der Waals surface area contributed by atoms with Crippen molar-refractivity contribution in [2.45, 2.75) is 96.1 Å². The zero-order chi connectivity index (χ0) is 13.1. The predicted octanol–water partition coefficient (Wildman–Crippen LogP) is 5.21. The fourth-order valence-electron chi connectivity index (χ4n) is 3.03. The van der Waals surface area contributed by atoms with E-state index in [1.54, 1.807) is 0 Å². The summed E-state index contributed by atoms with van der Waals surface area (Å²) in [7, 11) is 0. The molecule has 1 nitrogen and oxygen atoms in total. The van der Waals surface area contributed by atoms with Crippen molar-refractivity contribution < 1.29 is 0 Å². The van der Waals surface area contributed by atoms with Gasteiger partial charge in [-0.1, -0.05) is 51.5 Å². The molecular formula is C17H33N. The van der Waals surface area contributed by atoms with E-state index in [9.17, 15) is 0 Å². The molecule has 0 amide bonds. The summed E-state index contributed by atoms with van der Waals surface area (Å²) in [6, 6.07) is 1.64. The summed E-state index contributed by atoms with van der Waals surface area (Å²) in [5.74, 6) is 0. The Morgan fingerprint density at radius 2 is 1.56 bits per heavy atom. The van der Waals surface area contributed by atoms with Crippen LogP contribution in [-0.4, -0.2) is 12.1 Å². The number of hydrogen-bond acceptors (Lipinski definition) is 1. The lowest BCUT2D eigenvalue weighted by Gasteiger charge is -2.14. The Labute approximate surface area is 114 Å². The second-order valence-electron chi connectivity index (χ2n) is 5.91. The van der Waals surface area contributed by atoms with Gasteiger partial charge < -0.3 is 5.32 Å². The lowest BCUT2D eigenvalue weighted by Crippen LogP contribution is -2.29. The molecule has 2 unspecified atom stereocenters. The third-order valence-corrected chi connectivity index (χ3v) is 4.20. The Bertz CT molecular complexity index is 200. The van der Waals surface area contributed by atoms with Crippen LogP contribution >= 0.6 is 0 Å². The highest BCUT2D eigenvalue weighted by molar-refractivity contribution is 4.83. The van der Waals surface area contributed by atoms with E-state index in [0.29, 0.717) is 0 Å². The average molecular weight is 251 g/mol. The van der Waals surface area contributed by atoms with Crippen LogP contribution in [0.4, 0.5) is 0 Å². The standard InChI is InChI=1S/C17H33N/c1-3-5-7-9-11-13-17-15-14-16(18-17)12-10-8-6-4-2/h4,16-18H,2-3,5-15H2,1H3. The Morgan fingerprint density at radius 1 is 0.944 bits per heavy atom. The summed E-state index contributed by atoms with van der Waals surface area (Å²) in [6.07, 6.45) is 18.6. The fourth-order valence-corrected chi connectivity index (χ4v) is 3.03. The summed E-state index contributed by atoms with van der Waals surface area (Å²) in [5.41, 5.74) is 0.